The summed E-state index contributed by atoms with van der Waals surface area (Å²) >= 11 is 3.36. The minimum atomic E-state index is -0.743. The molecule has 1 fully saturated rings. The summed E-state index contributed by atoms with van der Waals surface area (Å²) < 4.78 is 13.1. The minimum absolute atomic E-state index is 0.151. The van der Waals surface area contributed by atoms with Gasteiger partial charge in [0.2, 0.25) is 0 Å². The Bertz CT molecular complexity index is 464. The van der Waals surface area contributed by atoms with Crippen LogP contribution in [0.3, 0.4) is 0 Å². The molecule has 1 aromatic carbocycles. The van der Waals surface area contributed by atoms with Crippen LogP contribution in [-0.2, 0) is 10.8 Å². The maximum atomic E-state index is 12.2. The maximum absolute atomic E-state index is 12.2. The highest BCUT2D eigenvalue weighted by Gasteiger charge is 2.19. The van der Waals surface area contributed by atoms with Crippen LogP contribution in [0.2, 0.25) is 0 Å². The SMILES string of the molecule is O=C(CCCS(=O)C1CCCCC1)c1ccc(Br)cc1. The van der Waals surface area contributed by atoms with Crippen molar-refractivity contribution in [2.24, 2.45) is 0 Å². The van der Waals surface area contributed by atoms with Crippen LogP contribution in [-0.4, -0.2) is 21.0 Å². The van der Waals surface area contributed by atoms with Crippen LogP contribution in [0.15, 0.2) is 28.7 Å². The molecule has 1 aliphatic carbocycles. The molecular weight excluding hydrogens is 336 g/mol. The Hall–Kier alpha value is -0.480. The van der Waals surface area contributed by atoms with E-state index in [0.29, 0.717) is 17.4 Å². The smallest absolute Gasteiger partial charge is 0.162 e. The fourth-order valence-electron chi connectivity index (χ4n) is 2.65. The maximum Gasteiger partial charge on any atom is 0.162 e. The lowest BCUT2D eigenvalue weighted by Crippen LogP contribution is -2.21. The van der Waals surface area contributed by atoms with Crippen LogP contribution in [0.1, 0.15) is 55.3 Å². The van der Waals surface area contributed by atoms with Gasteiger partial charge in [0.05, 0.1) is 0 Å². The first-order valence-corrected chi connectivity index (χ1v) is 9.50. The molecule has 1 unspecified atom stereocenters. The van der Waals surface area contributed by atoms with Crippen molar-refractivity contribution in [2.75, 3.05) is 5.75 Å². The number of benzene rings is 1. The first kappa shape index (κ1) is 15.9. The summed E-state index contributed by atoms with van der Waals surface area (Å²) in [6.45, 7) is 0. The van der Waals surface area contributed by atoms with Crippen LogP contribution in [0.25, 0.3) is 0 Å². The average molecular weight is 357 g/mol. The molecule has 2 nitrogen and oxygen atoms in total. The van der Waals surface area contributed by atoms with Gasteiger partial charge in [-0.25, -0.2) is 0 Å². The van der Waals surface area contributed by atoms with Gasteiger partial charge in [0.25, 0.3) is 0 Å². The Morgan fingerprint density at radius 1 is 1.15 bits per heavy atom. The number of hydrogen-bond donors (Lipinski definition) is 0. The molecule has 0 bridgehead atoms. The minimum Gasteiger partial charge on any atom is -0.294 e. The third-order valence-electron chi connectivity index (χ3n) is 3.84. The van der Waals surface area contributed by atoms with Crippen molar-refractivity contribution in [1.29, 1.82) is 0 Å². The van der Waals surface area contributed by atoms with Gasteiger partial charge in [0.15, 0.2) is 5.78 Å². The number of hydrogen-bond acceptors (Lipinski definition) is 2. The largest absolute Gasteiger partial charge is 0.294 e. The molecule has 1 aromatic rings. The molecule has 1 saturated carbocycles. The molecule has 0 spiro atoms. The quantitative estimate of drug-likeness (QED) is 0.703. The highest BCUT2D eigenvalue weighted by molar-refractivity contribution is 9.10. The molecule has 1 atom stereocenters. The van der Waals surface area contributed by atoms with Crippen molar-refractivity contribution in [2.45, 2.75) is 50.2 Å². The summed E-state index contributed by atoms with van der Waals surface area (Å²) in [7, 11) is -0.743. The Labute approximate surface area is 131 Å². The Morgan fingerprint density at radius 3 is 2.45 bits per heavy atom. The van der Waals surface area contributed by atoms with E-state index in [1.807, 2.05) is 24.3 Å². The van der Waals surface area contributed by atoms with Gasteiger partial charge in [-0.05, 0) is 31.4 Å². The molecule has 0 amide bonds. The second-order valence-corrected chi connectivity index (χ2v) is 8.13. The molecule has 0 N–H and O–H groups in total. The van der Waals surface area contributed by atoms with E-state index in [2.05, 4.69) is 15.9 Å². The van der Waals surface area contributed by atoms with Gasteiger partial charge in [-0.1, -0.05) is 47.3 Å². The number of carbonyl (C=O) groups is 1. The van der Waals surface area contributed by atoms with Crippen molar-refractivity contribution in [3.63, 3.8) is 0 Å². The monoisotopic (exact) mass is 356 g/mol. The van der Waals surface area contributed by atoms with E-state index in [1.54, 1.807) is 0 Å². The average Bonchev–Trinajstić information content (AvgIpc) is 2.48. The third-order valence-corrected chi connectivity index (χ3v) is 6.27. The molecule has 0 aromatic heterocycles. The van der Waals surface area contributed by atoms with Crippen LogP contribution in [0.5, 0.6) is 0 Å². The Balaban J connectivity index is 1.73. The van der Waals surface area contributed by atoms with Crippen LogP contribution in [0.4, 0.5) is 0 Å². The fourth-order valence-corrected chi connectivity index (χ4v) is 4.54. The van der Waals surface area contributed by atoms with Crippen molar-refractivity contribution >= 4 is 32.5 Å². The van der Waals surface area contributed by atoms with E-state index in [9.17, 15) is 9.00 Å². The van der Waals surface area contributed by atoms with E-state index >= 15 is 0 Å². The van der Waals surface area contributed by atoms with Crippen LogP contribution in [0, 0.1) is 0 Å². The summed E-state index contributed by atoms with van der Waals surface area (Å²) in [4.78, 5) is 12.0. The van der Waals surface area contributed by atoms with Crippen molar-refractivity contribution in [3.05, 3.63) is 34.3 Å². The molecule has 4 heteroatoms. The summed E-state index contributed by atoms with van der Waals surface area (Å²) in [5, 5.41) is 0.381. The highest BCUT2D eigenvalue weighted by Crippen LogP contribution is 2.22. The Morgan fingerprint density at radius 2 is 1.80 bits per heavy atom. The number of carbonyl (C=O) groups excluding carboxylic acids is 1. The molecule has 2 rings (SSSR count). The second-order valence-electron chi connectivity index (χ2n) is 5.38. The summed E-state index contributed by atoms with van der Waals surface area (Å²) in [5.41, 5.74) is 0.747. The molecule has 110 valence electrons. The highest BCUT2D eigenvalue weighted by atomic mass is 79.9. The summed E-state index contributed by atoms with van der Waals surface area (Å²) in [6.07, 6.45) is 7.16. The number of Topliss-reactive ketones (excluding diaryl/α,β-unsaturated/α-hetero) is 1. The van der Waals surface area contributed by atoms with Crippen LogP contribution >= 0.6 is 15.9 Å². The predicted molar refractivity (Wildman–Crippen MR) is 87.6 cm³/mol. The van der Waals surface area contributed by atoms with E-state index in [-0.39, 0.29) is 5.78 Å². The molecule has 1 aliphatic rings. The first-order chi connectivity index (χ1) is 9.66. The first-order valence-electron chi connectivity index (χ1n) is 7.33. The van der Waals surface area contributed by atoms with Gasteiger partial charge in [0, 0.05) is 38.3 Å². The summed E-state index contributed by atoms with van der Waals surface area (Å²) in [6, 6.07) is 7.44. The molecule has 0 heterocycles. The molecule has 0 radical (unpaired) electrons. The normalized spacial score (nSPS) is 17.9. The molecule has 20 heavy (non-hydrogen) atoms. The molecule has 0 aliphatic heterocycles. The van der Waals surface area contributed by atoms with Gasteiger partial charge in [0.1, 0.15) is 0 Å². The van der Waals surface area contributed by atoms with Crippen molar-refractivity contribution in [3.8, 4) is 0 Å². The standard InChI is InChI=1S/C16H21BrO2S/c17-14-10-8-13(9-11-14)16(18)7-4-12-20(19)15-5-2-1-3-6-15/h8-11,15H,1-7,12H2. The number of ketones is 1. The molecular formula is C16H21BrO2S. The van der Waals surface area contributed by atoms with E-state index in [1.165, 1.54) is 19.3 Å². The zero-order chi connectivity index (χ0) is 14.4. The van der Waals surface area contributed by atoms with Gasteiger partial charge in [-0.2, -0.15) is 0 Å². The van der Waals surface area contributed by atoms with E-state index in [4.69, 9.17) is 0 Å². The van der Waals surface area contributed by atoms with E-state index < -0.39 is 10.8 Å². The van der Waals surface area contributed by atoms with Crippen molar-refractivity contribution in [1.82, 2.24) is 0 Å². The second kappa shape index (κ2) is 8.08. The summed E-state index contributed by atoms with van der Waals surface area (Å²) in [5.74, 6) is 0.825. The zero-order valence-corrected chi connectivity index (χ0v) is 14.0. The lowest BCUT2D eigenvalue weighted by molar-refractivity contribution is 0.0982. The van der Waals surface area contributed by atoms with E-state index in [0.717, 1.165) is 29.3 Å². The van der Waals surface area contributed by atoms with Gasteiger partial charge < -0.3 is 0 Å². The lowest BCUT2D eigenvalue weighted by atomic mass is 10.0. The lowest BCUT2D eigenvalue weighted by Gasteiger charge is -2.20. The Kier molecular flexibility index (Phi) is 6.43. The third kappa shape index (κ3) is 4.81. The number of rotatable bonds is 6. The van der Waals surface area contributed by atoms with Gasteiger partial charge >= 0.3 is 0 Å². The van der Waals surface area contributed by atoms with Gasteiger partial charge in [-0.15, -0.1) is 0 Å². The predicted octanol–water partition coefficient (Wildman–Crippen LogP) is 4.49. The molecule has 0 saturated heterocycles. The van der Waals surface area contributed by atoms with Crippen molar-refractivity contribution < 1.29 is 9.00 Å². The number of halogens is 1. The fraction of sp³-hybridized carbons (Fsp3) is 0.562. The van der Waals surface area contributed by atoms with Gasteiger partial charge in [-0.3, -0.25) is 9.00 Å². The topological polar surface area (TPSA) is 34.1 Å². The zero-order valence-electron chi connectivity index (χ0n) is 11.6. The van der Waals surface area contributed by atoms with Crippen LogP contribution < -0.4 is 0 Å².